The van der Waals surface area contributed by atoms with Crippen molar-refractivity contribution < 1.29 is 0 Å². The van der Waals surface area contributed by atoms with E-state index in [0.717, 1.165) is 0 Å². The van der Waals surface area contributed by atoms with Gasteiger partial charge in [-0.1, -0.05) is 182 Å². The number of fused-ring (bicyclic) bond motifs is 10. The quantitative estimate of drug-likeness (QED) is 0.156. The van der Waals surface area contributed by atoms with E-state index in [4.69, 9.17) is 0 Å². The second-order valence-electron chi connectivity index (χ2n) is 15.9. The maximum absolute atomic E-state index is 2.45. The summed E-state index contributed by atoms with van der Waals surface area (Å²) >= 11 is 3.80. The minimum atomic E-state index is 1.24. The molecule has 60 heavy (non-hydrogen) atoms. The first-order valence-corrected chi connectivity index (χ1v) is 22.2. The van der Waals surface area contributed by atoms with Crippen molar-refractivity contribution in [2.75, 3.05) is 0 Å². The van der Waals surface area contributed by atoms with Crippen LogP contribution in [0, 0.1) is 0 Å². The van der Waals surface area contributed by atoms with Crippen molar-refractivity contribution in [3.8, 4) is 44.5 Å². The van der Waals surface area contributed by atoms with Gasteiger partial charge in [-0.05, 0) is 106 Å². The van der Waals surface area contributed by atoms with Crippen molar-refractivity contribution in [1.82, 2.24) is 0 Å². The van der Waals surface area contributed by atoms with Crippen LogP contribution in [0.5, 0.6) is 0 Å². The highest BCUT2D eigenvalue weighted by molar-refractivity contribution is 7.26. The van der Waals surface area contributed by atoms with Crippen LogP contribution in [0.2, 0.25) is 0 Å². The van der Waals surface area contributed by atoms with Crippen LogP contribution in [0.3, 0.4) is 0 Å². The molecule has 0 saturated heterocycles. The third-order valence-corrected chi connectivity index (χ3v) is 15.0. The summed E-state index contributed by atoms with van der Waals surface area (Å²) in [4.78, 5) is 0. The van der Waals surface area contributed by atoms with E-state index in [0.29, 0.717) is 0 Å². The number of hydrogen-bond donors (Lipinski definition) is 0. The van der Waals surface area contributed by atoms with Gasteiger partial charge in [0.25, 0.3) is 0 Å². The zero-order chi connectivity index (χ0) is 39.3. The van der Waals surface area contributed by atoms with Gasteiger partial charge in [0.05, 0.1) is 0 Å². The minimum absolute atomic E-state index is 1.24. The Hall–Kier alpha value is -7.10. The molecule has 0 aliphatic rings. The lowest BCUT2D eigenvalue weighted by Gasteiger charge is -2.18. The predicted octanol–water partition coefficient (Wildman–Crippen LogP) is 17.7. The topological polar surface area (TPSA) is 0 Å². The SMILES string of the molecule is c1ccc(-c2c3ccccc3c(-c3ccc4c(c3)sc3c(-c5c6ccccc6c(-c6ccc7sc8ccccc8c7c6)c6ccccc56)cccc34)c3ccccc23)cc1. The molecule has 13 aromatic rings. The Morgan fingerprint density at radius 1 is 0.217 bits per heavy atom. The van der Waals surface area contributed by atoms with Crippen molar-refractivity contribution in [2.45, 2.75) is 0 Å². The molecule has 0 aliphatic carbocycles. The molecule has 0 fully saturated rings. The number of rotatable bonds is 4. The van der Waals surface area contributed by atoms with Gasteiger partial charge in [0.2, 0.25) is 0 Å². The van der Waals surface area contributed by atoms with E-state index in [1.54, 1.807) is 0 Å². The second-order valence-corrected chi connectivity index (χ2v) is 18.0. The smallest absolute Gasteiger partial charge is 0.0434 e. The highest BCUT2D eigenvalue weighted by atomic mass is 32.1. The molecule has 0 nitrogen and oxygen atoms in total. The molecule has 0 aliphatic heterocycles. The first-order chi connectivity index (χ1) is 29.8. The van der Waals surface area contributed by atoms with Crippen molar-refractivity contribution in [3.63, 3.8) is 0 Å². The summed E-state index contributed by atoms with van der Waals surface area (Å²) in [7, 11) is 0. The van der Waals surface area contributed by atoms with Crippen LogP contribution in [0.4, 0.5) is 0 Å². The summed E-state index contributed by atoms with van der Waals surface area (Å²) in [5.41, 5.74) is 10.2. The molecule has 0 N–H and O–H groups in total. The Morgan fingerprint density at radius 3 is 1.25 bits per heavy atom. The fraction of sp³-hybridized carbons (Fsp3) is 0. The van der Waals surface area contributed by atoms with Crippen LogP contribution in [0.15, 0.2) is 206 Å². The van der Waals surface area contributed by atoms with E-state index in [2.05, 4.69) is 206 Å². The Labute approximate surface area is 354 Å². The standard InChI is InChI=1S/C58H34S2/c1-2-15-35(16-3-1)54-40-18-4-6-20-42(40)56(43-21-7-5-19-41(43)54)37-29-31-39-48-26-14-27-49(58(48)60-53(39)34-37)57-46-24-10-8-22-44(46)55(45-23-9-11-25-47(45)57)36-30-32-52-50(33-36)38-17-12-13-28-51(38)59-52/h1-34H. The first kappa shape index (κ1) is 33.8. The summed E-state index contributed by atoms with van der Waals surface area (Å²) in [5.74, 6) is 0. The molecule has 0 spiro atoms. The summed E-state index contributed by atoms with van der Waals surface area (Å²) in [5, 5.41) is 15.5. The number of hydrogen-bond acceptors (Lipinski definition) is 2. The van der Waals surface area contributed by atoms with Crippen LogP contribution < -0.4 is 0 Å². The molecule has 2 aromatic heterocycles. The maximum Gasteiger partial charge on any atom is 0.0434 e. The molecule has 0 saturated carbocycles. The second kappa shape index (κ2) is 13.2. The highest BCUT2D eigenvalue weighted by Crippen LogP contribution is 2.50. The fourth-order valence-electron chi connectivity index (χ4n) is 10.1. The van der Waals surface area contributed by atoms with Gasteiger partial charge >= 0.3 is 0 Å². The molecule has 278 valence electrons. The molecule has 0 amide bonds. The molecular formula is C58H34S2. The molecule has 2 heterocycles. The van der Waals surface area contributed by atoms with Crippen molar-refractivity contribution in [1.29, 1.82) is 0 Å². The van der Waals surface area contributed by atoms with Gasteiger partial charge in [-0.15, -0.1) is 22.7 Å². The zero-order valence-electron chi connectivity index (χ0n) is 32.4. The first-order valence-electron chi connectivity index (χ1n) is 20.6. The third-order valence-electron chi connectivity index (χ3n) is 12.6. The number of thiophene rings is 2. The van der Waals surface area contributed by atoms with E-state index in [1.807, 2.05) is 22.7 Å². The van der Waals surface area contributed by atoms with E-state index >= 15 is 0 Å². The zero-order valence-corrected chi connectivity index (χ0v) is 34.1. The average Bonchev–Trinajstić information content (AvgIpc) is 3.88. The summed E-state index contributed by atoms with van der Waals surface area (Å²) in [6, 6.07) is 76.8. The maximum atomic E-state index is 2.45. The summed E-state index contributed by atoms with van der Waals surface area (Å²) in [6.45, 7) is 0. The van der Waals surface area contributed by atoms with Gasteiger partial charge in [-0.3, -0.25) is 0 Å². The van der Waals surface area contributed by atoms with Crippen molar-refractivity contribution in [3.05, 3.63) is 206 Å². The van der Waals surface area contributed by atoms with Gasteiger partial charge < -0.3 is 0 Å². The van der Waals surface area contributed by atoms with Crippen LogP contribution in [-0.4, -0.2) is 0 Å². The summed E-state index contributed by atoms with van der Waals surface area (Å²) < 4.78 is 5.29. The van der Waals surface area contributed by atoms with Crippen LogP contribution in [0.1, 0.15) is 0 Å². The lowest BCUT2D eigenvalue weighted by atomic mass is 9.85. The minimum Gasteiger partial charge on any atom is -0.135 e. The lowest BCUT2D eigenvalue weighted by molar-refractivity contribution is 1.66. The number of benzene rings is 11. The molecule has 0 atom stereocenters. The molecule has 0 radical (unpaired) electrons. The Balaban J connectivity index is 1.04. The van der Waals surface area contributed by atoms with Crippen LogP contribution in [0.25, 0.3) is 128 Å². The fourth-order valence-corrected chi connectivity index (χ4v) is 12.5. The Kier molecular flexibility index (Phi) is 7.45. The molecule has 11 aromatic carbocycles. The monoisotopic (exact) mass is 794 g/mol. The molecule has 13 rings (SSSR count). The van der Waals surface area contributed by atoms with Crippen molar-refractivity contribution in [2.24, 2.45) is 0 Å². The van der Waals surface area contributed by atoms with Gasteiger partial charge in [0.15, 0.2) is 0 Å². The van der Waals surface area contributed by atoms with Gasteiger partial charge in [-0.25, -0.2) is 0 Å². The van der Waals surface area contributed by atoms with Crippen LogP contribution >= 0.6 is 22.7 Å². The average molecular weight is 795 g/mol. The van der Waals surface area contributed by atoms with Crippen LogP contribution in [-0.2, 0) is 0 Å². The third kappa shape index (κ3) is 4.96. The molecule has 0 unspecified atom stereocenters. The van der Waals surface area contributed by atoms with E-state index in [-0.39, 0.29) is 0 Å². The molecule has 0 bridgehead atoms. The van der Waals surface area contributed by atoms with Gasteiger partial charge in [0.1, 0.15) is 0 Å². The lowest BCUT2D eigenvalue weighted by Crippen LogP contribution is -1.91. The van der Waals surface area contributed by atoms with Gasteiger partial charge in [0, 0.05) is 45.9 Å². The van der Waals surface area contributed by atoms with Gasteiger partial charge in [-0.2, -0.15) is 0 Å². The Bertz CT molecular complexity index is 3770. The largest absolute Gasteiger partial charge is 0.135 e. The molecule has 2 heteroatoms. The van der Waals surface area contributed by atoms with E-state index < -0.39 is 0 Å². The van der Waals surface area contributed by atoms with E-state index in [9.17, 15) is 0 Å². The van der Waals surface area contributed by atoms with Crippen molar-refractivity contribution >= 4 is 106 Å². The normalized spacial score (nSPS) is 12.0. The molecular weight excluding hydrogens is 761 g/mol. The predicted molar refractivity (Wildman–Crippen MR) is 264 cm³/mol. The van der Waals surface area contributed by atoms with E-state index in [1.165, 1.54) is 128 Å². The summed E-state index contributed by atoms with van der Waals surface area (Å²) in [6.07, 6.45) is 0. The highest BCUT2D eigenvalue weighted by Gasteiger charge is 2.21. The Morgan fingerprint density at radius 2 is 0.650 bits per heavy atom.